The summed E-state index contributed by atoms with van der Waals surface area (Å²) in [5.41, 5.74) is 2.57. The maximum absolute atomic E-state index is 12.4. The molecule has 0 bridgehead atoms. The van der Waals surface area contributed by atoms with Crippen LogP contribution in [-0.4, -0.2) is 25.4 Å². The van der Waals surface area contributed by atoms with Gasteiger partial charge in [0.05, 0.1) is 18.0 Å². The molecule has 0 saturated heterocycles. The van der Waals surface area contributed by atoms with Crippen molar-refractivity contribution in [2.45, 2.75) is 20.4 Å². The van der Waals surface area contributed by atoms with Gasteiger partial charge in [0, 0.05) is 18.0 Å². The first-order valence-corrected chi connectivity index (χ1v) is 8.54. The Balaban J connectivity index is 2.47. The minimum absolute atomic E-state index is 0.0163. The van der Waals surface area contributed by atoms with Crippen LogP contribution >= 0.6 is 0 Å². The summed E-state index contributed by atoms with van der Waals surface area (Å²) >= 11 is 0. The Morgan fingerprint density at radius 1 is 1.27 bits per heavy atom. The number of hydrogen-bond acceptors (Lipinski definition) is 4. The van der Waals surface area contributed by atoms with Gasteiger partial charge in [-0.15, -0.1) is 0 Å². The molecule has 0 fully saturated rings. The summed E-state index contributed by atoms with van der Waals surface area (Å²) in [5.74, 6) is -0.0163. The van der Waals surface area contributed by atoms with Crippen LogP contribution in [0.4, 0.5) is 5.69 Å². The number of carbonyl (C=O) groups excluding carboxylic acids is 1. The molecular weight excluding hydrogens is 300 g/mol. The van der Waals surface area contributed by atoms with Gasteiger partial charge in [-0.05, 0) is 43.2 Å². The molecule has 5 nitrogen and oxygen atoms in total. The summed E-state index contributed by atoms with van der Waals surface area (Å²) in [6.07, 6.45) is 4.01. The van der Waals surface area contributed by atoms with E-state index < -0.39 is 10.0 Å². The van der Waals surface area contributed by atoms with Gasteiger partial charge in [-0.3, -0.25) is 14.1 Å². The minimum Gasteiger partial charge on any atom is -0.298 e. The highest BCUT2D eigenvalue weighted by atomic mass is 32.2. The molecule has 0 spiro atoms. The highest BCUT2D eigenvalue weighted by Crippen LogP contribution is 2.23. The molecule has 0 radical (unpaired) electrons. The molecule has 0 aliphatic heterocycles. The van der Waals surface area contributed by atoms with E-state index in [1.165, 1.54) is 4.31 Å². The van der Waals surface area contributed by atoms with Crippen LogP contribution in [0.1, 0.15) is 28.4 Å². The highest BCUT2D eigenvalue weighted by Gasteiger charge is 2.21. The predicted octanol–water partition coefficient (Wildman–Crippen LogP) is 2.56. The molecule has 0 aliphatic carbocycles. The smallest absolute Gasteiger partial charge is 0.235 e. The number of aldehydes is 1. The molecule has 0 amide bonds. The van der Waals surface area contributed by atoms with Crippen molar-refractivity contribution in [1.82, 2.24) is 4.98 Å². The first-order chi connectivity index (χ1) is 10.5. The van der Waals surface area contributed by atoms with Crippen LogP contribution in [0.3, 0.4) is 0 Å². The number of nitrogens with zero attached hydrogens (tertiary/aromatic N) is 2. The van der Waals surface area contributed by atoms with Crippen molar-refractivity contribution in [3.05, 3.63) is 59.4 Å². The van der Waals surface area contributed by atoms with Crippen molar-refractivity contribution in [3.8, 4) is 0 Å². The van der Waals surface area contributed by atoms with Gasteiger partial charge in [-0.1, -0.05) is 12.1 Å². The Morgan fingerprint density at radius 3 is 2.64 bits per heavy atom. The monoisotopic (exact) mass is 318 g/mol. The Bertz CT molecular complexity index is 758. The summed E-state index contributed by atoms with van der Waals surface area (Å²) in [5, 5.41) is 0. The molecule has 1 aromatic carbocycles. The normalized spacial score (nSPS) is 11.2. The molecule has 2 rings (SSSR count). The lowest BCUT2D eigenvalue weighted by atomic mass is 10.1. The van der Waals surface area contributed by atoms with Crippen molar-refractivity contribution in [1.29, 1.82) is 0 Å². The summed E-state index contributed by atoms with van der Waals surface area (Å²) in [6.45, 7) is 3.60. The van der Waals surface area contributed by atoms with Crippen LogP contribution < -0.4 is 4.31 Å². The van der Waals surface area contributed by atoms with Gasteiger partial charge < -0.3 is 0 Å². The number of pyridine rings is 1. The van der Waals surface area contributed by atoms with Crippen molar-refractivity contribution in [3.63, 3.8) is 0 Å². The van der Waals surface area contributed by atoms with E-state index in [2.05, 4.69) is 4.98 Å². The molecule has 0 atom stereocenters. The van der Waals surface area contributed by atoms with Crippen LogP contribution in [0.2, 0.25) is 0 Å². The zero-order valence-corrected chi connectivity index (χ0v) is 13.4. The predicted molar refractivity (Wildman–Crippen MR) is 86.4 cm³/mol. The van der Waals surface area contributed by atoms with Gasteiger partial charge in [0.25, 0.3) is 0 Å². The fraction of sp³-hybridized carbons (Fsp3) is 0.250. The van der Waals surface area contributed by atoms with Crippen molar-refractivity contribution in [2.75, 3.05) is 10.1 Å². The van der Waals surface area contributed by atoms with Gasteiger partial charge in [0.15, 0.2) is 0 Å². The number of rotatable bonds is 6. The third kappa shape index (κ3) is 3.51. The molecule has 1 heterocycles. The lowest BCUT2D eigenvalue weighted by Gasteiger charge is -2.24. The number of benzene rings is 1. The van der Waals surface area contributed by atoms with E-state index in [-0.39, 0.29) is 12.3 Å². The number of aryl methyl sites for hydroxylation is 1. The third-order valence-corrected chi connectivity index (χ3v) is 5.17. The quantitative estimate of drug-likeness (QED) is 0.768. The Morgan fingerprint density at radius 2 is 2.05 bits per heavy atom. The third-order valence-electron chi connectivity index (χ3n) is 3.43. The number of sulfonamides is 1. The number of hydrogen-bond donors (Lipinski definition) is 0. The molecule has 0 aliphatic rings. The summed E-state index contributed by atoms with van der Waals surface area (Å²) in [6, 6.07) is 8.65. The Hall–Kier alpha value is -2.21. The van der Waals surface area contributed by atoms with Crippen LogP contribution in [0.25, 0.3) is 0 Å². The molecule has 116 valence electrons. The molecule has 0 saturated carbocycles. The molecule has 1 aromatic heterocycles. The van der Waals surface area contributed by atoms with Crippen molar-refractivity contribution in [2.24, 2.45) is 0 Å². The van der Waals surface area contributed by atoms with Crippen molar-refractivity contribution >= 4 is 22.0 Å². The second-order valence-electron chi connectivity index (χ2n) is 4.93. The van der Waals surface area contributed by atoms with Gasteiger partial charge in [0.2, 0.25) is 10.0 Å². The second-order valence-corrected chi connectivity index (χ2v) is 7.11. The maximum Gasteiger partial charge on any atom is 0.235 e. The summed E-state index contributed by atoms with van der Waals surface area (Å²) < 4.78 is 26.1. The largest absolute Gasteiger partial charge is 0.298 e. The number of anilines is 1. The van der Waals surface area contributed by atoms with Crippen LogP contribution in [0.15, 0.2) is 42.7 Å². The van der Waals surface area contributed by atoms with Crippen LogP contribution in [0.5, 0.6) is 0 Å². The van der Waals surface area contributed by atoms with E-state index in [0.29, 0.717) is 11.3 Å². The maximum atomic E-state index is 12.4. The Labute approximate surface area is 130 Å². The number of aromatic nitrogens is 1. The van der Waals surface area contributed by atoms with Gasteiger partial charge in [-0.25, -0.2) is 8.42 Å². The molecule has 6 heteroatoms. The SMILES string of the molecule is CCS(=O)(=O)N(Cc1cccnc1)c1ccc(C)c(C=O)c1. The van der Waals surface area contributed by atoms with Gasteiger partial charge in [-0.2, -0.15) is 0 Å². The standard InChI is InChI=1S/C16H18N2O3S/c1-3-22(20,21)18(11-14-5-4-8-17-10-14)16-7-6-13(2)15(9-16)12-19/h4-10,12H,3,11H2,1-2H3. The molecule has 2 aromatic rings. The second kappa shape index (κ2) is 6.70. The highest BCUT2D eigenvalue weighted by molar-refractivity contribution is 7.92. The van der Waals surface area contributed by atoms with E-state index in [0.717, 1.165) is 17.4 Å². The number of carbonyl (C=O) groups is 1. The van der Waals surface area contributed by atoms with E-state index in [9.17, 15) is 13.2 Å². The Kier molecular flexibility index (Phi) is 4.92. The summed E-state index contributed by atoms with van der Waals surface area (Å²) in [4.78, 5) is 15.1. The minimum atomic E-state index is -3.46. The summed E-state index contributed by atoms with van der Waals surface area (Å²) in [7, 11) is -3.46. The first-order valence-electron chi connectivity index (χ1n) is 6.93. The zero-order valence-electron chi connectivity index (χ0n) is 12.6. The lowest BCUT2D eigenvalue weighted by molar-refractivity contribution is 0.112. The van der Waals surface area contributed by atoms with Crippen LogP contribution in [0, 0.1) is 6.92 Å². The van der Waals surface area contributed by atoms with E-state index >= 15 is 0 Å². The van der Waals surface area contributed by atoms with Crippen molar-refractivity contribution < 1.29 is 13.2 Å². The van der Waals surface area contributed by atoms with Gasteiger partial charge >= 0.3 is 0 Å². The fourth-order valence-electron chi connectivity index (χ4n) is 2.07. The first kappa shape index (κ1) is 16.2. The molecule has 0 N–H and O–H groups in total. The van der Waals surface area contributed by atoms with Crippen LogP contribution in [-0.2, 0) is 16.6 Å². The zero-order chi connectivity index (χ0) is 16.2. The molecule has 22 heavy (non-hydrogen) atoms. The topological polar surface area (TPSA) is 67.3 Å². The van der Waals surface area contributed by atoms with E-state index in [1.807, 2.05) is 13.0 Å². The fourth-order valence-corrected chi connectivity index (χ4v) is 3.17. The average molecular weight is 318 g/mol. The van der Waals surface area contributed by atoms with E-state index in [1.54, 1.807) is 43.6 Å². The lowest BCUT2D eigenvalue weighted by Crippen LogP contribution is -2.32. The van der Waals surface area contributed by atoms with Gasteiger partial charge in [0.1, 0.15) is 6.29 Å². The average Bonchev–Trinajstić information content (AvgIpc) is 2.54. The van der Waals surface area contributed by atoms with E-state index in [4.69, 9.17) is 0 Å². The molecule has 0 unspecified atom stereocenters. The molecular formula is C16H18N2O3S.